The lowest BCUT2D eigenvalue weighted by Gasteiger charge is -2.32. The summed E-state index contributed by atoms with van der Waals surface area (Å²) >= 11 is 0. The first-order valence-electron chi connectivity index (χ1n) is 7.06. The molecule has 3 rings (SSSR count). The van der Waals surface area contributed by atoms with E-state index in [0.29, 0.717) is 18.9 Å². The van der Waals surface area contributed by atoms with E-state index in [1.54, 1.807) is 18.7 Å². The Hall–Kier alpha value is -2.11. The summed E-state index contributed by atoms with van der Waals surface area (Å²) in [5.74, 6) is 0.617. The maximum absolute atomic E-state index is 12.3. The molecule has 3 heterocycles. The fourth-order valence-corrected chi connectivity index (χ4v) is 2.75. The van der Waals surface area contributed by atoms with Crippen LogP contribution in [-0.4, -0.2) is 43.6 Å². The first-order valence-corrected chi connectivity index (χ1v) is 7.06. The number of carbonyl (C=O) groups excluding carboxylic acids is 1. The number of imidazole rings is 1. The predicted octanol–water partition coefficient (Wildman–Crippen LogP) is 1.40. The van der Waals surface area contributed by atoms with E-state index in [1.807, 2.05) is 21.7 Å². The number of piperidine rings is 1. The molecule has 20 heavy (non-hydrogen) atoms. The van der Waals surface area contributed by atoms with Gasteiger partial charge in [-0.05, 0) is 18.9 Å². The highest BCUT2D eigenvalue weighted by atomic mass is 16.2. The van der Waals surface area contributed by atoms with Crippen LogP contribution in [0.3, 0.4) is 0 Å². The summed E-state index contributed by atoms with van der Waals surface area (Å²) in [5.41, 5.74) is 1.14. The molecule has 1 atom stereocenters. The van der Waals surface area contributed by atoms with Gasteiger partial charge in [0.15, 0.2) is 0 Å². The van der Waals surface area contributed by atoms with E-state index in [1.165, 1.54) is 0 Å². The molecule has 1 unspecified atom stereocenters. The fourth-order valence-electron chi connectivity index (χ4n) is 2.75. The van der Waals surface area contributed by atoms with Crippen molar-refractivity contribution in [2.75, 3.05) is 13.1 Å². The fraction of sp³-hybridized carbons (Fsp3) is 0.500. The Labute approximate surface area is 117 Å². The molecule has 6 nitrogen and oxygen atoms in total. The summed E-state index contributed by atoms with van der Waals surface area (Å²) in [6.07, 6.45) is 9.85. The number of carbonyl (C=O) groups is 1. The number of hydrogen-bond donors (Lipinski definition) is 1. The minimum absolute atomic E-state index is 0.225. The van der Waals surface area contributed by atoms with E-state index in [2.05, 4.69) is 15.2 Å². The summed E-state index contributed by atoms with van der Waals surface area (Å²) in [6, 6.07) is 2.00. The zero-order chi connectivity index (χ0) is 13.8. The van der Waals surface area contributed by atoms with Crippen LogP contribution in [0, 0.1) is 0 Å². The minimum Gasteiger partial charge on any atom is -0.342 e. The van der Waals surface area contributed by atoms with Crippen molar-refractivity contribution in [1.82, 2.24) is 24.6 Å². The highest BCUT2D eigenvalue weighted by molar-refractivity contribution is 5.76. The zero-order valence-corrected chi connectivity index (χ0v) is 11.4. The second kappa shape index (κ2) is 5.90. The highest BCUT2D eigenvalue weighted by Gasteiger charge is 2.25. The number of nitrogens with one attached hydrogen (secondary N) is 1. The van der Waals surface area contributed by atoms with Crippen LogP contribution in [0.15, 0.2) is 31.0 Å². The maximum Gasteiger partial charge on any atom is 0.224 e. The van der Waals surface area contributed by atoms with Gasteiger partial charge in [-0.2, -0.15) is 5.10 Å². The molecule has 0 aromatic carbocycles. The van der Waals surface area contributed by atoms with Crippen molar-refractivity contribution in [1.29, 1.82) is 0 Å². The Bertz CT molecular complexity index is 534. The molecule has 0 radical (unpaired) electrons. The Morgan fingerprint density at radius 1 is 1.45 bits per heavy atom. The van der Waals surface area contributed by atoms with Gasteiger partial charge in [-0.1, -0.05) is 0 Å². The van der Waals surface area contributed by atoms with Gasteiger partial charge in [-0.3, -0.25) is 9.89 Å². The lowest BCUT2D eigenvalue weighted by molar-refractivity contribution is -0.132. The Kier molecular flexibility index (Phi) is 3.80. The molecule has 0 bridgehead atoms. The summed E-state index contributed by atoms with van der Waals surface area (Å²) < 4.78 is 1.94. The molecule has 2 aromatic heterocycles. The van der Waals surface area contributed by atoms with Crippen LogP contribution in [0.5, 0.6) is 0 Å². The molecule has 1 aliphatic rings. The first-order chi connectivity index (χ1) is 9.83. The average Bonchev–Trinajstić information content (AvgIpc) is 3.18. The Morgan fingerprint density at radius 2 is 2.40 bits per heavy atom. The number of likely N-dealkylation sites (tertiary alicyclic amines) is 1. The standard InChI is InChI=1S/C14H19N5O/c20-14(4-8-18-9-6-15-11-18)19-7-1-2-12(10-19)13-3-5-16-17-13/h3,5-6,9,11-12H,1-2,4,7-8,10H2,(H,16,17). The maximum atomic E-state index is 12.3. The van der Waals surface area contributed by atoms with E-state index in [9.17, 15) is 4.79 Å². The molecule has 1 N–H and O–H groups in total. The first kappa shape index (κ1) is 12.9. The summed E-state index contributed by atoms with van der Waals surface area (Å²) in [6.45, 7) is 2.36. The van der Waals surface area contributed by atoms with Gasteiger partial charge in [-0.25, -0.2) is 4.98 Å². The topological polar surface area (TPSA) is 66.8 Å². The number of aryl methyl sites for hydroxylation is 1. The number of amides is 1. The van der Waals surface area contributed by atoms with E-state index < -0.39 is 0 Å². The van der Waals surface area contributed by atoms with Gasteiger partial charge in [-0.15, -0.1) is 0 Å². The highest BCUT2D eigenvalue weighted by Crippen LogP contribution is 2.25. The largest absolute Gasteiger partial charge is 0.342 e. The van der Waals surface area contributed by atoms with Crippen molar-refractivity contribution in [2.24, 2.45) is 0 Å². The molecular formula is C14H19N5O. The van der Waals surface area contributed by atoms with Gasteiger partial charge in [0.2, 0.25) is 5.91 Å². The summed E-state index contributed by atoms with van der Waals surface area (Å²) in [4.78, 5) is 18.2. The summed E-state index contributed by atoms with van der Waals surface area (Å²) in [7, 11) is 0. The molecule has 1 saturated heterocycles. The van der Waals surface area contributed by atoms with Crippen LogP contribution in [0.25, 0.3) is 0 Å². The molecule has 2 aromatic rings. The Balaban J connectivity index is 1.55. The van der Waals surface area contributed by atoms with E-state index in [0.717, 1.165) is 31.6 Å². The lowest BCUT2D eigenvalue weighted by atomic mass is 9.95. The molecule has 0 aliphatic carbocycles. The predicted molar refractivity (Wildman–Crippen MR) is 74.0 cm³/mol. The minimum atomic E-state index is 0.225. The summed E-state index contributed by atoms with van der Waals surface area (Å²) in [5, 5.41) is 7.02. The molecule has 0 saturated carbocycles. The van der Waals surface area contributed by atoms with Gasteiger partial charge >= 0.3 is 0 Å². The van der Waals surface area contributed by atoms with Crippen LogP contribution in [0.2, 0.25) is 0 Å². The molecule has 6 heteroatoms. The van der Waals surface area contributed by atoms with Crippen molar-refractivity contribution < 1.29 is 4.79 Å². The van der Waals surface area contributed by atoms with Crippen molar-refractivity contribution >= 4 is 5.91 Å². The van der Waals surface area contributed by atoms with Gasteiger partial charge in [0.05, 0.1) is 6.33 Å². The van der Waals surface area contributed by atoms with Gasteiger partial charge in [0, 0.05) is 56.3 Å². The molecule has 106 valence electrons. The van der Waals surface area contributed by atoms with Gasteiger partial charge < -0.3 is 9.47 Å². The second-order valence-electron chi connectivity index (χ2n) is 5.24. The molecule has 1 fully saturated rings. The van der Waals surface area contributed by atoms with Crippen LogP contribution in [-0.2, 0) is 11.3 Å². The van der Waals surface area contributed by atoms with Gasteiger partial charge in [0.25, 0.3) is 0 Å². The monoisotopic (exact) mass is 273 g/mol. The quantitative estimate of drug-likeness (QED) is 0.915. The second-order valence-corrected chi connectivity index (χ2v) is 5.24. The number of hydrogen-bond acceptors (Lipinski definition) is 3. The molecule has 0 spiro atoms. The average molecular weight is 273 g/mol. The van der Waals surface area contributed by atoms with Crippen molar-refractivity contribution in [3.63, 3.8) is 0 Å². The lowest BCUT2D eigenvalue weighted by Crippen LogP contribution is -2.39. The third kappa shape index (κ3) is 2.89. The number of rotatable bonds is 4. The smallest absolute Gasteiger partial charge is 0.224 e. The molecular weight excluding hydrogens is 254 g/mol. The van der Waals surface area contributed by atoms with Crippen LogP contribution >= 0.6 is 0 Å². The number of aromatic nitrogens is 4. The SMILES string of the molecule is O=C(CCn1ccnc1)N1CCCC(c2ccn[nH]2)C1. The van der Waals surface area contributed by atoms with Crippen LogP contribution in [0.4, 0.5) is 0 Å². The van der Waals surface area contributed by atoms with E-state index >= 15 is 0 Å². The van der Waals surface area contributed by atoms with E-state index in [4.69, 9.17) is 0 Å². The third-order valence-corrected chi connectivity index (χ3v) is 3.88. The van der Waals surface area contributed by atoms with Gasteiger partial charge in [0.1, 0.15) is 0 Å². The van der Waals surface area contributed by atoms with Crippen molar-refractivity contribution in [2.45, 2.75) is 31.7 Å². The zero-order valence-electron chi connectivity index (χ0n) is 11.4. The molecule has 1 amide bonds. The van der Waals surface area contributed by atoms with Crippen LogP contribution in [0.1, 0.15) is 30.9 Å². The van der Waals surface area contributed by atoms with Crippen molar-refractivity contribution in [3.8, 4) is 0 Å². The number of aromatic amines is 1. The van der Waals surface area contributed by atoms with Crippen molar-refractivity contribution in [3.05, 3.63) is 36.7 Å². The van der Waals surface area contributed by atoms with E-state index in [-0.39, 0.29) is 5.91 Å². The number of H-pyrrole nitrogens is 1. The third-order valence-electron chi connectivity index (χ3n) is 3.88. The Morgan fingerprint density at radius 3 is 3.15 bits per heavy atom. The van der Waals surface area contributed by atoms with Crippen LogP contribution < -0.4 is 0 Å². The molecule has 1 aliphatic heterocycles. The number of nitrogens with zero attached hydrogens (tertiary/aromatic N) is 4. The normalized spacial score (nSPS) is 19.2.